The molecule has 1 aliphatic rings. The number of carbonyl (C=O) groups excluding carboxylic acids is 1. The third-order valence-corrected chi connectivity index (χ3v) is 6.61. The highest BCUT2D eigenvalue weighted by Gasteiger charge is 2.26. The number of hydrogen-bond donors (Lipinski definition) is 2. The van der Waals surface area contributed by atoms with Gasteiger partial charge in [-0.1, -0.05) is 0 Å². The Balaban J connectivity index is 2.08. The van der Waals surface area contributed by atoms with Crippen LogP contribution in [0.5, 0.6) is 0 Å². The fraction of sp³-hybridized carbons (Fsp3) is 0.444. The minimum Gasteiger partial charge on any atom is -0.355 e. The topological polar surface area (TPSA) is 75.3 Å². The summed E-state index contributed by atoms with van der Waals surface area (Å²) in [7, 11) is -3.49. The van der Waals surface area contributed by atoms with E-state index in [1.807, 2.05) is 0 Å². The summed E-state index contributed by atoms with van der Waals surface area (Å²) in [5.74, 6) is -0.0299. The summed E-state index contributed by atoms with van der Waals surface area (Å²) in [6.45, 7) is 0.348. The molecule has 5 nitrogen and oxygen atoms in total. The zero-order valence-electron chi connectivity index (χ0n) is 8.77. The molecular weight excluding hydrogens is 328 g/mol. The molecule has 1 atom stereocenters. The van der Waals surface area contributed by atoms with Crippen molar-refractivity contribution in [3.63, 3.8) is 0 Å². The van der Waals surface area contributed by atoms with Crippen LogP contribution in [0, 0.1) is 0 Å². The Kier molecular flexibility index (Phi) is 3.86. The van der Waals surface area contributed by atoms with E-state index in [4.69, 9.17) is 0 Å². The monoisotopic (exact) mass is 338 g/mol. The molecule has 2 rings (SSSR count). The standard InChI is InChI=1S/C9H11BrN2O3S2/c10-7-3-4-16-9(7)17(14,15)12-6-1-2-8(13)11-5-6/h3-4,6,12H,1-2,5H2,(H,11,13). The van der Waals surface area contributed by atoms with Crippen molar-refractivity contribution in [2.75, 3.05) is 6.54 Å². The van der Waals surface area contributed by atoms with Crippen molar-refractivity contribution < 1.29 is 13.2 Å². The zero-order valence-corrected chi connectivity index (χ0v) is 12.0. The van der Waals surface area contributed by atoms with Gasteiger partial charge in [0, 0.05) is 23.5 Å². The first-order valence-corrected chi connectivity index (χ1v) is 8.16. The molecule has 1 unspecified atom stereocenters. The summed E-state index contributed by atoms with van der Waals surface area (Å²) in [4.78, 5) is 11.0. The summed E-state index contributed by atoms with van der Waals surface area (Å²) in [5.41, 5.74) is 0. The van der Waals surface area contributed by atoms with Crippen molar-refractivity contribution in [3.05, 3.63) is 15.9 Å². The molecule has 0 saturated carbocycles. The van der Waals surface area contributed by atoms with Gasteiger partial charge in [-0.2, -0.15) is 0 Å². The largest absolute Gasteiger partial charge is 0.355 e. The fourth-order valence-corrected chi connectivity index (χ4v) is 5.20. The second-order valence-corrected chi connectivity index (χ2v) is 7.40. The summed E-state index contributed by atoms with van der Waals surface area (Å²) in [5, 5.41) is 4.35. The van der Waals surface area contributed by atoms with E-state index >= 15 is 0 Å². The molecule has 1 aliphatic heterocycles. The fourth-order valence-electron chi connectivity index (χ4n) is 1.58. The van der Waals surface area contributed by atoms with Crippen LogP contribution in [0.3, 0.4) is 0 Å². The Morgan fingerprint density at radius 1 is 1.53 bits per heavy atom. The minimum atomic E-state index is -3.49. The van der Waals surface area contributed by atoms with E-state index in [1.165, 1.54) is 0 Å². The average molecular weight is 339 g/mol. The van der Waals surface area contributed by atoms with Crippen LogP contribution in [0.4, 0.5) is 0 Å². The molecule has 1 aromatic heterocycles. The van der Waals surface area contributed by atoms with Crippen LogP contribution in [0.2, 0.25) is 0 Å². The van der Waals surface area contributed by atoms with Crippen molar-refractivity contribution >= 4 is 43.2 Å². The van der Waals surface area contributed by atoms with Crippen molar-refractivity contribution in [3.8, 4) is 0 Å². The molecule has 0 aliphatic carbocycles. The van der Waals surface area contributed by atoms with Crippen LogP contribution in [-0.2, 0) is 14.8 Å². The molecule has 1 fully saturated rings. The van der Waals surface area contributed by atoms with Gasteiger partial charge < -0.3 is 5.32 Å². The van der Waals surface area contributed by atoms with E-state index in [0.717, 1.165) is 11.3 Å². The lowest BCUT2D eigenvalue weighted by atomic mass is 10.1. The van der Waals surface area contributed by atoms with Gasteiger partial charge in [0.1, 0.15) is 4.21 Å². The van der Waals surface area contributed by atoms with Crippen molar-refractivity contribution in [1.29, 1.82) is 0 Å². The molecule has 17 heavy (non-hydrogen) atoms. The molecule has 2 heterocycles. The van der Waals surface area contributed by atoms with E-state index < -0.39 is 10.0 Å². The Hall–Kier alpha value is -0.440. The van der Waals surface area contributed by atoms with E-state index in [9.17, 15) is 13.2 Å². The maximum absolute atomic E-state index is 12.0. The number of rotatable bonds is 3. The van der Waals surface area contributed by atoms with E-state index in [2.05, 4.69) is 26.0 Å². The van der Waals surface area contributed by atoms with Gasteiger partial charge in [-0.05, 0) is 33.8 Å². The van der Waals surface area contributed by atoms with Gasteiger partial charge in [-0.25, -0.2) is 13.1 Å². The smallest absolute Gasteiger partial charge is 0.251 e. The van der Waals surface area contributed by atoms with Crippen LogP contribution < -0.4 is 10.0 Å². The summed E-state index contributed by atoms with van der Waals surface area (Å²) < 4.78 is 27.5. The number of hydrogen-bond acceptors (Lipinski definition) is 4. The number of carbonyl (C=O) groups is 1. The quantitative estimate of drug-likeness (QED) is 0.865. The first-order chi connectivity index (χ1) is 7.99. The van der Waals surface area contributed by atoms with Crippen molar-refractivity contribution in [1.82, 2.24) is 10.0 Å². The predicted octanol–water partition coefficient (Wildman–Crippen LogP) is 1.07. The van der Waals surface area contributed by atoms with Gasteiger partial charge in [-0.15, -0.1) is 11.3 Å². The van der Waals surface area contributed by atoms with Crippen molar-refractivity contribution in [2.45, 2.75) is 23.1 Å². The van der Waals surface area contributed by atoms with E-state index in [1.54, 1.807) is 11.4 Å². The van der Waals surface area contributed by atoms with Gasteiger partial charge in [0.15, 0.2) is 0 Å². The van der Waals surface area contributed by atoms with Crippen LogP contribution >= 0.6 is 27.3 Å². The molecule has 2 N–H and O–H groups in total. The number of amides is 1. The number of nitrogens with one attached hydrogen (secondary N) is 2. The van der Waals surface area contributed by atoms with Crippen LogP contribution in [0.15, 0.2) is 20.1 Å². The summed E-state index contributed by atoms with van der Waals surface area (Å²) in [6.07, 6.45) is 0.896. The Labute approximate surface area is 112 Å². The first kappa shape index (κ1) is 13.0. The van der Waals surface area contributed by atoms with Gasteiger partial charge in [0.25, 0.3) is 10.0 Å². The highest BCUT2D eigenvalue weighted by Crippen LogP contribution is 2.27. The predicted molar refractivity (Wildman–Crippen MR) is 68.4 cm³/mol. The number of sulfonamides is 1. The maximum atomic E-state index is 12.0. The van der Waals surface area contributed by atoms with Crippen LogP contribution in [0.25, 0.3) is 0 Å². The Morgan fingerprint density at radius 3 is 2.82 bits per heavy atom. The van der Waals surface area contributed by atoms with Gasteiger partial charge >= 0.3 is 0 Å². The maximum Gasteiger partial charge on any atom is 0.251 e. The molecule has 0 bridgehead atoms. The second-order valence-electron chi connectivity index (χ2n) is 3.72. The van der Waals surface area contributed by atoms with E-state index in [-0.39, 0.29) is 16.2 Å². The summed E-state index contributed by atoms with van der Waals surface area (Å²) in [6, 6.07) is 1.47. The molecular formula is C9H11BrN2O3S2. The lowest BCUT2D eigenvalue weighted by molar-refractivity contribution is -0.122. The number of halogens is 1. The Morgan fingerprint density at radius 2 is 2.29 bits per heavy atom. The molecule has 0 spiro atoms. The second kappa shape index (κ2) is 5.05. The molecule has 8 heteroatoms. The molecule has 1 saturated heterocycles. The van der Waals surface area contributed by atoms with Crippen LogP contribution in [-0.4, -0.2) is 26.9 Å². The molecule has 1 aromatic rings. The lowest BCUT2D eigenvalue weighted by Gasteiger charge is -2.22. The van der Waals surface area contributed by atoms with Gasteiger partial charge in [0.2, 0.25) is 5.91 Å². The third-order valence-electron chi connectivity index (χ3n) is 2.42. The highest BCUT2D eigenvalue weighted by molar-refractivity contribution is 9.10. The minimum absolute atomic E-state index is 0.0299. The Bertz CT molecular complexity index is 516. The van der Waals surface area contributed by atoms with Crippen molar-refractivity contribution in [2.24, 2.45) is 0 Å². The summed E-state index contributed by atoms with van der Waals surface area (Å²) >= 11 is 4.36. The molecule has 0 aromatic carbocycles. The SMILES string of the molecule is O=C1CCC(NS(=O)(=O)c2sccc2Br)CN1. The third kappa shape index (κ3) is 3.06. The number of thiophene rings is 1. The van der Waals surface area contributed by atoms with E-state index in [0.29, 0.717) is 23.9 Å². The van der Waals surface area contributed by atoms with Gasteiger partial charge in [-0.3, -0.25) is 4.79 Å². The normalized spacial score (nSPS) is 21.2. The zero-order chi connectivity index (χ0) is 12.5. The molecule has 94 valence electrons. The molecule has 1 amide bonds. The average Bonchev–Trinajstić information content (AvgIpc) is 2.68. The number of piperidine rings is 1. The lowest BCUT2D eigenvalue weighted by Crippen LogP contribution is -2.47. The van der Waals surface area contributed by atoms with Gasteiger partial charge in [0.05, 0.1) is 0 Å². The van der Waals surface area contributed by atoms with Crippen LogP contribution in [0.1, 0.15) is 12.8 Å². The highest BCUT2D eigenvalue weighted by atomic mass is 79.9. The molecule has 0 radical (unpaired) electrons. The first-order valence-electron chi connectivity index (χ1n) is 5.01.